The number of benzene rings is 1. The van der Waals surface area contributed by atoms with Crippen molar-refractivity contribution >= 4 is 5.91 Å². The van der Waals surface area contributed by atoms with Gasteiger partial charge in [-0.25, -0.2) is 0 Å². The Kier molecular flexibility index (Phi) is 7.08. The monoisotopic (exact) mass is 414 g/mol. The van der Waals surface area contributed by atoms with E-state index >= 15 is 0 Å². The molecule has 3 aliphatic rings. The molecule has 1 aliphatic carbocycles. The molecule has 0 bridgehead atoms. The maximum atomic E-state index is 13.1. The summed E-state index contributed by atoms with van der Waals surface area (Å²) in [6.07, 6.45) is 7.51. The topological polar surface area (TPSA) is 62.2 Å². The van der Waals surface area contributed by atoms with Crippen molar-refractivity contribution in [3.05, 3.63) is 47.2 Å². The largest absolute Gasteiger partial charge is 0.459 e. The number of hydrogen-bond donors (Lipinski definition) is 1. The first-order chi connectivity index (χ1) is 14.6. The van der Waals surface area contributed by atoms with E-state index in [9.17, 15) is 9.90 Å². The predicted octanol–water partition coefficient (Wildman–Crippen LogP) is 2.91. The van der Waals surface area contributed by atoms with E-state index in [1.165, 1.54) is 25.7 Å². The van der Waals surface area contributed by atoms with Gasteiger partial charge in [-0.3, -0.25) is 4.79 Å². The van der Waals surface area contributed by atoms with E-state index in [4.69, 9.17) is 9.47 Å². The maximum absolute atomic E-state index is 13.1. The molecule has 0 radical (unpaired) electrons. The highest BCUT2D eigenvalue weighted by atomic mass is 16.7. The van der Waals surface area contributed by atoms with Gasteiger partial charge in [-0.15, -0.1) is 0 Å². The lowest BCUT2D eigenvalue weighted by molar-refractivity contribution is -0.161. The number of rotatable bonds is 6. The quantitative estimate of drug-likeness (QED) is 0.776. The van der Waals surface area contributed by atoms with Gasteiger partial charge < -0.3 is 24.4 Å². The van der Waals surface area contributed by atoms with Crippen LogP contribution in [0.25, 0.3) is 0 Å². The third-order valence-electron chi connectivity index (χ3n) is 6.74. The summed E-state index contributed by atoms with van der Waals surface area (Å²) in [6.45, 7) is 3.76. The minimum Gasteiger partial charge on any atom is -0.459 e. The van der Waals surface area contributed by atoms with Crippen molar-refractivity contribution in [1.29, 1.82) is 0 Å². The smallest absolute Gasteiger partial charge is 0.288 e. The van der Waals surface area contributed by atoms with Crippen LogP contribution in [0.4, 0.5) is 0 Å². The molecular formula is C24H34N2O4. The first kappa shape index (κ1) is 21.3. The van der Waals surface area contributed by atoms with Gasteiger partial charge in [0.25, 0.3) is 5.91 Å². The Hall–Kier alpha value is -1.89. The summed E-state index contributed by atoms with van der Waals surface area (Å²) in [7, 11) is 2.09. The van der Waals surface area contributed by atoms with Crippen LogP contribution in [0.2, 0.25) is 0 Å². The summed E-state index contributed by atoms with van der Waals surface area (Å²) < 4.78 is 12.2. The summed E-state index contributed by atoms with van der Waals surface area (Å²) in [5.74, 6) is 1.45. The number of piperazine rings is 1. The van der Waals surface area contributed by atoms with Crippen molar-refractivity contribution < 1.29 is 19.4 Å². The fourth-order valence-corrected chi connectivity index (χ4v) is 4.75. The highest BCUT2D eigenvalue weighted by molar-refractivity contribution is 5.91. The SMILES string of the molecule is CN1CCN(C(=O)C2=C[C@@H](C3CCCC3)C[C@@H](OCc3ccc(CO)cc3)O2)CC1. The zero-order chi connectivity index (χ0) is 20.9. The summed E-state index contributed by atoms with van der Waals surface area (Å²) in [5, 5.41) is 9.20. The lowest BCUT2D eigenvalue weighted by Gasteiger charge is -2.36. The number of nitrogens with zero attached hydrogens (tertiary/aromatic N) is 2. The molecule has 0 aromatic heterocycles. The van der Waals surface area contributed by atoms with Gasteiger partial charge in [0.05, 0.1) is 13.2 Å². The van der Waals surface area contributed by atoms with Gasteiger partial charge in [0.2, 0.25) is 6.29 Å². The standard InChI is InChI=1S/C24H34N2O4/c1-25-10-12-26(13-11-25)24(28)22-14-21(20-4-2-3-5-20)15-23(30-22)29-17-19-8-6-18(16-27)7-9-19/h6-9,14,20-21,23,27H,2-5,10-13,15-17H2,1H3/t21-,23+/m1/s1. The molecule has 1 N–H and O–H groups in total. The number of ether oxygens (including phenoxy) is 2. The molecule has 1 amide bonds. The molecule has 2 heterocycles. The van der Waals surface area contributed by atoms with Crippen molar-refractivity contribution in [2.45, 2.75) is 51.6 Å². The van der Waals surface area contributed by atoms with Crippen LogP contribution in [-0.4, -0.2) is 60.3 Å². The molecule has 30 heavy (non-hydrogen) atoms. The number of likely N-dealkylation sites (N-methyl/N-ethyl adjacent to an activating group) is 1. The van der Waals surface area contributed by atoms with E-state index in [2.05, 4.69) is 18.0 Å². The summed E-state index contributed by atoms with van der Waals surface area (Å²) >= 11 is 0. The molecular weight excluding hydrogens is 380 g/mol. The van der Waals surface area contributed by atoms with Gasteiger partial charge in [-0.2, -0.15) is 0 Å². The van der Waals surface area contributed by atoms with Crippen molar-refractivity contribution in [3.63, 3.8) is 0 Å². The molecule has 2 aliphatic heterocycles. The minimum absolute atomic E-state index is 0.00620. The highest BCUT2D eigenvalue weighted by Crippen LogP contribution is 2.38. The molecule has 2 fully saturated rings. The van der Waals surface area contributed by atoms with Crippen molar-refractivity contribution in [2.24, 2.45) is 11.8 Å². The van der Waals surface area contributed by atoms with E-state index in [1.54, 1.807) is 0 Å². The molecule has 6 heteroatoms. The summed E-state index contributed by atoms with van der Waals surface area (Å²) in [4.78, 5) is 17.3. The third kappa shape index (κ3) is 5.23. The van der Waals surface area contributed by atoms with E-state index in [1.807, 2.05) is 29.2 Å². The predicted molar refractivity (Wildman–Crippen MR) is 114 cm³/mol. The maximum Gasteiger partial charge on any atom is 0.288 e. The average Bonchev–Trinajstić information content (AvgIpc) is 3.33. The van der Waals surface area contributed by atoms with Gasteiger partial charge in [0.15, 0.2) is 5.76 Å². The summed E-state index contributed by atoms with van der Waals surface area (Å²) in [5.41, 5.74) is 1.92. The Morgan fingerprint density at radius 2 is 1.77 bits per heavy atom. The van der Waals surface area contributed by atoms with E-state index < -0.39 is 6.29 Å². The molecule has 1 aromatic rings. The lowest BCUT2D eigenvalue weighted by Crippen LogP contribution is -2.48. The molecule has 2 atom stereocenters. The zero-order valence-electron chi connectivity index (χ0n) is 18.0. The second kappa shape index (κ2) is 9.94. The first-order valence-electron chi connectivity index (χ1n) is 11.3. The number of aliphatic hydroxyl groups excluding tert-OH is 1. The Bertz CT molecular complexity index is 734. The van der Waals surface area contributed by atoms with Crippen LogP contribution in [0.1, 0.15) is 43.2 Å². The fraction of sp³-hybridized carbons (Fsp3) is 0.625. The average molecular weight is 415 g/mol. The zero-order valence-corrected chi connectivity index (χ0v) is 18.0. The molecule has 4 rings (SSSR count). The number of amides is 1. The third-order valence-corrected chi connectivity index (χ3v) is 6.74. The highest BCUT2D eigenvalue weighted by Gasteiger charge is 2.35. The van der Waals surface area contributed by atoms with Gasteiger partial charge in [-0.05, 0) is 48.9 Å². The Morgan fingerprint density at radius 3 is 2.43 bits per heavy atom. The van der Waals surface area contributed by atoms with Crippen LogP contribution < -0.4 is 0 Å². The van der Waals surface area contributed by atoms with Crippen molar-refractivity contribution in [2.75, 3.05) is 33.2 Å². The molecule has 0 unspecified atom stereocenters. The van der Waals surface area contributed by atoms with Crippen LogP contribution in [-0.2, 0) is 27.5 Å². The van der Waals surface area contributed by atoms with Gasteiger partial charge in [-0.1, -0.05) is 37.1 Å². The van der Waals surface area contributed by atoms with E-state index in [0.29, 0.717) is 24.2 Å². The number of carbonyl (C=O) groups excluding carboxylic acids is 1. The van der Waals surface area contributed by atoms with E-state index in [-0.39, 0.29) is 12.5 Å². The van der Waals surface area contributed by atoms with Crippen LogP contribution in [0.5, 0.6) is 0 Å². The molecule has 164 valence electrons. The van der Waals surface area contributed by atoms with Crippen molar-refractivity contribution in [1.82, 2.24) is 9.80 Å². The number of hydrogen-bond acceptors (Lipinski definition) is 5. The Balaban J connectivity index is 1.42. The second-order valence-electron chi connectivity index (χ2n) is 8.90. The van der Waals surface area contributed by atoms with Gasteiger partial charge >= 0.3 is 0 Å². The first-order valence-corrected chi connectivity index (χ1v) is 11.3. The number of carbonyl (C=O) groups is 1. The molecule has 0 spiro atoms. The van der Waals surface area contributed by atoms with Crippen LogP contribution in [0.3, 0.4) is 0 Å². The van der Waals surface area contributed by atoms with Gasteiger partial charge in [0.1, 0.15) is 0 Å². The van der Waals surface area contributed by atoms with Gasteiger partial charge in [0, 0.05) is 32.6 Å². The number of aliphatic hydroxyl groups is 1. The van der Waals surface area contributed by atoms with Crippen LogP contribution in [0.15, 0.2) is 36.1 Å². The fourth-order valence-electron chi connectivity index (χ4n) is 4.75. The van der Waals surface area contributed by atoms with E-state index in [0.717, 1.165) is 43.7 Å². The van der Waals surface area contributed by atoms with Crippen LogP contribution in [0, 0.1) is 11.8 Å². The second-order valence-corrected chi connectivity index (χ2v) is 8.90. The summed E-state index contributed by atoms with van der Waals surface area (Å²) in [6, 6.07) is 7.75. The molecule has 1 saturated carbocycles. The van der Waals surface area contributed by atoms with Crippen LogP contribution >= 0.6 is 0 Å². The Morgan fingerprint density at radius 1 is 1.10 bits per heavy atom. The molecule has 1 aromatic carbocycles. The molecule has 6 nitrogen and oxygen atoms in total. The number of allylic oxidation sites excluding steroid dienone is 1. The van der Waals surface area contributed by atoms with Crippen molar-refractivity contribution in [3.8, 4) is 0 Å². The normalized spacial score (nSPS) is 25.8. The Labute approximate surface area is 179 Å². The minimum atomic E-state index is -0.399. The lowest BCUT2D eigenvalue weighted by atomic mass is 9.86. The molecule has 1 saturated heterocycles.